The molecule has 0 radical (unpaired) electrons. The lowest BCUT2D eigenvalue weighted by Crippen LogP contribution is -1.96. The van der Waals surface area contributed by atoms with Crippen molar-refractivity contribution in [2.24, 2.45) is 0 Å². The number of carbonyl (C=O) groups is 1. The lowest BCUT2D eigenvalue weighted by molar-refractivity contribution is 0.104. The summed E-state index contributed by atoms with van der Waals surface area (Å²) < 4.78 is 0. The van der Waals surface area contributed by atoms with Crippen LogP contribution in [0.1, 0.15) is 15.9 Å². The Morgan fingerprint density at radius 1 is 0.895 bits per heavy atom. The van der Waals surface area contributed by atoms with Crippen LogP contribution in [-0.2, 0) is 0 Å². The minimum absolute atomic E-state index is 0.231. The number of hydrogen-bond donors (Lipinski definition) is 0. The molecule has 2 aromatic carbocycles. The maximum Gasteiger partial charge on any atom is 0.188 e. The van der Waals surface area contributed by atoms with Crippen molar-refractivity contribution in [2.75, 3.05) is 0 Å². The molecule has 0 aliphatic heterocycles. The average Bonchev–Trinajstić information content (AvgIpc) is 2.38. The molecule has 0 amide bonds. The highest BCUT2D eigenvalue weighted by Gasteiger charge is 2.11. The van der Waals surface area contributed by atoms with Crippen LogP contribution in [0.4, 0.5) is 0 Å². The van der Waals surface area contributed by atoms with Crippen LogP contribution in [0.2, 0.25) is 15.1 Å². The molecular formula is C15H9Cl3O. The van der Waals surface area contributed by atoms with Gasteiger partial charge in [0.05, 0.1) is 15.6 Å². The maximum atomic E-state index is 12.0. The number of hydrogen-bond acceptors (Lipinski definition) is 1. The van der Waals surface area contributed by atoms with Gasteiger partial charge in [-0.15, -0.1) is 0 Å². The third kappa shape index (κ3) is 3.60. The van der Waals surface area contributed by atoms with Crippen molar-refractivity contribution < 1.29 is 4.79 Å². The smallest absolute Gasteiger partial charge is 0.188 e. The van der Waals surface area contributed by atoms with Crippen molar-refractivity contribution in [3.63, 3.8) is 0 Å². The Balaban J connectivity index is 2.24. The van der Waals surface area contributed by atoms with Gasteiger partial charge in [-0.05, 0) is 35.9 Å². The van der Waals surface area contributed by atoms with Crippen LogP contribution < -0.4 is 0 Å². The molecule has 0 heterocycles. The van der Waals surface area contributed by atoms with Crippen LogP contribution >= 0.6 is 34.8 Å². The van der Waals surface area contributed by atoms with E-state index in [2.05, 4.69) is 0 Å². The third-order valence-corrected chi connectivity index (χ3v) is 3.39. The molecule has 0 aliphatic rings. The zero-order valence-electron chi connectivity index (χ0n) is 9.74. The Morgan fingerprint density at radius 2 is 1.47 bits per heavy atom. The monoisotopic (exact) mass is 310 g/mol. The molecule has 19 heavy (non-hydrogen) atoms. The van der Waals surface area contributed by atoms with Gasteiger partial charge < -0.3 is 0 Å². The molecule has 0 aromatic heterocycles. The maximum absolute atomic E-state index is 12.0. The van der Waals surface area contributed by atoms with Crippen molar-refractivity contribution in [3.8, 4) is 0 Å². The number of benzene rings is 2. The first-order valence-electron chi connectivity index (χ1n) is 5.50. The summed E-state index contributed by atoms with van der Waals surface area (Å²) in [5, 5.41) is 1.34. The van der Waals surface area contributed by atoms with Gasteiger partial charge in [-0.1, -0.05) is 59.1 Å². The Bertz CT molecular complexity index is 610. The minimum Gasteiger partial charge on any atom is -0.289 e. The SMILES string of the molecule is O=C(C=Cc1ccc(Cl)cc1)c1c(Cl)cccc1Cl. The highest BCUT2D eigenvalue weighted by molar-refractivity contribution is 6.40. The molecule has 0 atom stereocenters. The van der Waals surface area contributed by atoms with Crippen molar-refractivity contribution in [2.45, 2.75) is 0 Å². The molecule has 0 bridgehead atoms. The van der Waals surface area contributed by atoms with Gasteiger partial charge >= 0.3 is 0 Å². The summed E-state index contributed by atoms with van der Waals surface area (Å²) in [6.45, 7) is 0. The number of allylic oxidation sites excluding steroid dienone is 1. The van der Waals surface area contributed by atoms with Gasteiger partial charge in [0.15, 0.2) is 5.78 Å². The van der Waals surface area contributed by atoms with Gasteiger partial charge in [0.2, 0.25) is 0 Å². The molecule has 2 aromatic rings. The molecule has 0 spiro atoms. The Morgan fingerprint density at radius 3 is 2.05 bits per heavy atom. The van der Waals surface area contributed by atoms with Gasteiger partial charge in [-0.2, -0.15) is 0 Å². The van der Waals surface area contributed by atoms with Gasteiger partial charge in [-0.25, -0.2) is 0 Å². The summed E-state index contributed by atoms with van der Waals surface area (Å²) in [7, 11) is 0. The number of halogens is 3. The molecular weight excluding hydrogens is 303 g/mol. The van der Waals surface area contributed by atoms with Crippen molar-refractivity contribution in [1.82, 2.24) is 0 Å². The van der Waals surface area contributed by atoms with Crippen molar-refractivity contribution in [1.29, 1.82) is 0 Å². The molecule has 1 nitrogen and oxygen atoms in total. The Hall–Kier alpha value is -1.28. The normalized spacial score (nSPS) is 10.9. The Kier molecular flexibility index (Phi) is 4.65. The van der Waals surface area contributed by atoms with Gasteiger partial charge in [0.25, 0.3) is 0 Å². The second kappa shape index (κ2) is 6.25. The van der Waals surface area contributed by atoms with E-state index < -0.39 is 0 Å². The first kappa shape index (κ1) is 14.1. The standard InChI is InChI=1S/C15H9Cl3O/c16-11-7-4-10(5-8-11)6-9-14(19)15-12(17)2-1-3-13(15)18/h1-9H. The first-order chi connectivity index (χ1) is 9.08. The molecule has 0 unspecified atom stereocenters. The summed E-state index contributed by atoms with van der Waals surface area (Å²) in [5.74, 6) is -0.231. The van der Waals surface area contributed by atoms with Gasteiger partial charge in [-0.3, -0.25) is 4.79 Å². The van der Waals surface area contributed by atoms with Crippen LogP contribution in [0.15, 0.2) is 48.5 Å². The molecule has 0 N–H and O–H groups in total. The summed E-state index contributed by atoms with van der Waals surface area (Å²) in [4.78, 5) is 12.0. The lowest BCUT2D eigenvalue weighted by Gasteiger charge is -2.02. The zero-order chi connectivity index (χ0) is 13.8. The van der Waals surface area contributed by atoms with E-state index in [4.69, 9.17) is 34.8 Å². The largest absolute Gasteiger partial charge is 0.289 e. The number of ketones is 1. The quantitative estimate of drug-likeness (QED) is 0.537. The summed E-state index contributed by atoms with van der Waals surface area (Å²) in [6, 6.07) is 12.1. The van der Waals surface area contributed by atoms with E-state index in [9.17, 15) is 4.79 Å². The van der Waals surface area contributed by atoms with Crippen molar-refractivity contribution >= 4 is 46.7 Å². The number of rotatable bonds is 3. The summed E-state index contributed by atoms with van der Waals surface area (Å²) in [6.07, 6.45) is 3.13. The molecule has 4 heteroatoms. The first-order valence-corrected chi connectivity index (χ1v) is 6.63. The van der Waals surface area contributed by atoms with E-state index in [-0.39, 0.29) is 5.78 Å². The molecule has 0 saturated heterocycles. The van der Waals surface area contributed by atoms with Crippen LogP contribution in [-0.4, -0.2) is 5.78 Å². The predicted octanol–water partition coefficient (Wildman–Crippen LogP) is 5.54. The minimum atomic E-state index is -0.231. The average molecular weight is 312 g/mol. The molecule has 0 saturated carbocycles. The third-order valence-electron chi connectivity index (χ3n) is 2.51. The fourth-order valence-electron chi connectivity index (χ4n) is 1.56. The number of carbonyl (C=O) groups excluding carboxylic acids is 1. The van der Waals surface area contributed by atoms with E-state index in [1.165, 1.54) is 6.08 Å². The van der Waals surface area contributed by atoms with E-state index >= 15 is 0 Å². The highest BCUT2D eigenvalue weighted by Crippen LogP contribution is 2.25. The fourth-order valence-corrected chi connectivity index (χ4v) is 2.27. The molecule has 0 fully saturated rings. The van der Waals surface area contributed by atoms with Crippen LogP contribution in [0.25, 0.3) is 6.08 Å². The Labute approximate surface area is 126 Å². The van der Waals surface area contributed by atoms with E-state index in [0.29, 0.717) is 20.6 Å². The van der Waals surface area contributed by atoms with Crippen LogP contribution in [0.3, 0.4) is 0 Å². The highest BCUT2D eigenvalue weighted by atomic mass is 35.5. The zero-order valence-corrected chi connectivity index (χ0v) is 12.0. The predicted molar refractivity (Wildman–Crippen MR) is 81.3 cm³/mol. The van der Waals surface area contributed by atoms with Crippen LogP contribution in [0.5, 0.6) is 0 Å². The van der Waals surface area contributed by atoms with Crippen LogP contribution in [0, 0.1) is 0 Å². The topological polar surface area (TPSA) is 17.1 Å². The summed E-state index contributed by atoms with van der Waals surface area (Å²) >= 11 is 17.7. The lowest BCUT2D eigenvalue weighted by atomic mass is 10.1. The summed E-state index contributed by atoms with van der Waals surface area (Å²) in [5.41, 5.74) is 1.19. The van der Waals surface area contributed by atoms with Gasteiger partial charge in [0, 0.05) is 5.02 Å². The van der Waals surface area contributed by atoms with E-state index in [1.54, 1.807) is 36.4 Å². The van der Waals surface area contributed by atoms with Gasteiger partial charge in [0.1, 0.15) is 0 Å². The van der Waals surface area contributed by atoms with E-state index in [1.807, 2.05) is 12.1 Å². The molecule has 2 rings (SSSR count). The van der Waals surface area contributed by atoms with Crippen molar-refractivity contribution in [3.05, 3.63) is 74.7 Å². The second-order valence-corrected chi connectivity index (χ2v) is 5.10. The molecule has 96 valence electrons. The second-order valence-electron chi connectivity index (χ2n) is 3.85. The molecule has 0 aliphatic carbocycles. The van der Waals surface area contributed by atoms with E-state index in [0.717, 1.165) is 5.56 Å². The fraction of sp³-hybridized carbons (Fsp3) is 0.